The van der Waals surface area contributed by atoms with E-state index in [1.165, 1.54) is 6.07 Å². The van der Waals surface area contributed by atoms with Crippen LogP contribution in [0.2, 0.25) is 10.0 Å². The van der Waals surface area contributed by atoms with Gasteiger partial charge in [0.2, 0.25) is 0 Å². The fraction of sp³-hybridized carbons (Fsp3) is 0.238. The summed E-state index contributed by atoms with van der Waals surface area (Å²) in [4.78, 5) is 16.2. The molecular weight excluding hydrogens is 482 g/mol. The van der Waals surface area contributed by atoms with Gasteiger partial charge in [-0.15, -0.1) is 0 Å². The van der Waals surface area contributed by atoms with Gasteiger partial charge >= 0.3 is 5.97 Å². The molecule has 1 atom stereocenters. The summed E-state index contributed by atoms with van der Waals surface area (Å²) in [6.45, 7) is 3.91. The highest BCUT2D eigenvalue weighted by Crippen LogP contribution is 2.36. The highest BCUT2D eigenvalue weighted by Gasteiger charge is 2.30. The molecule has 3 rings (SSSR count). The zero-order valence-corrected chi connectivity index (χ0v) is 18.8. The summed E-state index contributed by atoms with van der Waals surface area (Å²) < 4.78 is 15.9. The Bertz CT molecular complexity index is 1050. The molecular formula is C21H18BrCl2FN2O2. The molecule has 2 aromatic carbocycles. The van der Waals surface area contributed by atoms with Crippen LogP contribution in [0.5, 0.6) is 0 Å². The van der Waals surface area contributed by atoms with Gasteiger partial charge in [0, 0.05) is 17.0 Å². The van der Waals surface area contributed by atoms with Crippen LogP contribution in [0.4, 0.5) is 4.39 Å². The van der Waals surface area contributed by atoms with E-state index in [1.807, 2.05) is 30.5 Å². The summed E-state index contributed by atoms with van der Waals surface area (Å²) in [5.41, 5.74) is 2.17. The van der Waals surface area contributed by atoms with Gasteiger partial charge in [0.1, 0.15) is 5.82 Å². The fourth-order valence-corrected chi connectivity index (χ4v) is 4.48. The van der Waals surface area contributed by atoms with E-state index in [1.54, 1.807) is 24.3 Å². The monoisotopic (exact) mass is 498 g/mol. The van der Waals surface area contributed by atoms with Crippen LogP contribution < -0.4 is 0 Å². The van der Waals surface area contributed by atoms with E-state index >= 15 is 0 Å². The first-order valence-corrected chi connectivity index (χ1v) is 10.4. The van der Waals surface area contributed by atoms with Crippen LogP contribution in [0, 0.1) is 5.82 Å². The Labute approximate surface area is 186 Å². The molecule has 0 aliphatic heterocycles. The van der Waals surface area contributed by atoms with Crippen molar-refractivity contribution in [2.24, 2.45) is 0 Å². The Hall–Kier alpha value is -1.89. The zero-order chi connectivity index (χ0) is 21.3. The molecule has 1 heterocycles. The number of aromatic carboxylic acids is 1. The highest BCUT2D eigenvalue weighted by molar-refractivity contribution is 9.10. The Morgan fingerprint density at radius 3 is 2.41 bits per heavy atom. The predicted octanol–water partition coefficient (Wildman–Crippen LogP) is 6.75. The summed E-state index contributed by atoms with van der Waals surface area (Å²) in [6.07, 6.45) is 0.409. The minimum Gasteiger partial charge on any atom is -0.476 e. The lowest BCUT2D eigenvalue weighted by Crippen LogP contribution is -2.17. The molecule has 0 aliphatic rings. The first-order valence-electron chi connectivity index (χ1n) is 8.89. The van der Waals surface area contributed by atoms with E-state index in [-0.39, 0.29) is 22.7 Å². The molecule has 0 radical (unpaired) electrons. The smallest absolute Gasteiger partial charge is 0.356 e. The highest BCUT2D eigenvalue weighted by atomic mass is 79.9. The summed E-state index contributed by atoms with van der Waals surface area (Å²) in [5.74, 6) is -1.98. The second-order valence-corrected chi connectivity index (χ2v) is 8.49. The third-order valence-corrected chi connectivity index (χ3v) is 5.75. The number of hydrogen-bond acceptors (Lipinski definition) is 2. The summed E-state index contributed by atoms with van der Waals surface area (Å²) >= 11 is 15.4. The second kappa shape index (κ2) is 8.86. The lowest BCUT2D eigenvalue weighted by atomic mass is 9.87. The zero-order valence-electron chi connectivity index (χ0n) is 15.7. The lowest BCUT2D eigenvalue weighted by molar-refractivity contribution is 0.0689. The Kier molecular flexibility index (Phi) is 6.66. The summed E-state index contributed by atoms with van der Waals surface area (Å²) in [6, 6.07) is 11.7. The van der Waals surface area contributed by atoms with E-state index in [0.717, 1.165) is 11.1 Å². The van der Waals surface area contributed by atoms with Gasteiger partial charge in [-0.3, -0.25) is 0 Å². The predicted molar refractivity (Wildman–Crippen MR) is 116 cm³/mol. The molecule has 1 aromatic heterocycles. The van der Waals surface area contributed by atoms with Gasteiger partial charge in [0.25, 0.3) is 0 Å². The van der Waals surface area contributed by atoms with Crippen LogP contribution >= 0.6 is 39.1 Å². The maximum Gasteiger partial charge on any atom is 0.356 e. The number of carboxylic acids is 1. The van der Waals surface area contributed by atoms with Crippen LogP contribution in [-0.4, -0.2) is 20.6 Å². The summed E-state index contributed by atoms with van der Waals surface area (Å²) in [5, 5.41) is 10.4. The van der Waals surface area contributed by atoms with Crippen molar-refractivity contribution in [3.63, 3.8) is 0 Å². The molecule has 0 aliphatic carbocycles. The number of aromatic nitrogens is 2. The van der Waals surface area contributed by atoms with Crippen molar-refractivity contribution < 1.29 is 14.3 Å². The van der Waals surface area contributed by atoms with E-state index in [2.05, 4.69) is 20.9 Å². The molecule has 0 saturated heterocycles. The topological polar surface area (TPSA) is 55.1 Å². The molecule has 0 spiro atoms. The Balaban J connectivity index is 2.21. The normalized spacial score (nSPS) is 12.4. The maximum atomic E-state index is 13.6. The van der Waals surface area contributed by atoms with Crippen molar-refractivity contribution in [2.75, 3.05) is 0 Å². The van der Waals surface area contributed by atoms with Gasteiger partial charge in [-0.05, 0) is 71.6 Å². The minimum atomic E-state index is -1.11. The molecule has 0 fully saturated rings. The fourth-order valence-electron chi connectivity index (χ4n) is 3.37. The number of halogens is 4. The second-order valence-electron chi connectivity index (χ2n) is 6.94. The van der Waals surface area contributed by atoms with Crippen molar-refractivity contribution in [2.45, 2.75) is 32.2 Å². The van der Waals surface area contributed by atoms with Crippen molar-refractivity contribution in [1.29, 1.82) is 0 Å². The van der Waals surface area contributed by atoms with E-state index in [9.17, 15) is 14.3 Å². The van der Waals surface area contributed by atoms with Crippen LogP contribution in [0.15, 0.2) is 47.2 Å². The van der Waals surface area contributed by atoms with Crippen LogP contribution in [0.3, 0.4) is 0 Å². The molecule has 0 bridgehead atoms. The number of rotatable bonds is 6. The molecule has 0 saturated carbocycles. The first-order chi connectivity index (χ1) is 13.7. The molecule has 29 heavy (non-hydrogen) atoms. The van der Waals surface area contributed by atoms with Gasteiger partial charge in [-0.25, -0.2) is 14.2 Å². The number of imidazole rings is 1. The molecule has 3 aromatic rings. The molecule has 8 heteroatoms. The molecule has 152 valence electrons. The van der Waals surface area contributed by atoms with E-state index < -0.39 is 11.8 Å². The first kappa shape index (κ1) is 21.8. The average Bonchev–Trinajstić information content (AvgIpc) is 3.01. The van der Waals surface area contributed by atoms with Crippen LogP contribution in [-0.2, 0) is 6.42 Å². The van der Waals surface area contributed by atoms with E-state index in [0.29, 0.717) is 21.9 Å². The quantitative estimate of drug-likeness (QED) is 0.408. The SMILES string of the molecule is CC(C)n1c(Br)nc(C(=O)O)c1C(Cc1ccc(F)c(Cl)c1)c1ccc(Cl)cc1. The average molecular weight is 500 g/mol. The van der Waals surface area contributed by atoms with Crippen molar-refractivity contribution in [1.82, 2.24) is 9.55 Å². The largest absolute Gasteiger partial charge is 0.476 e. The Morgan fingerprint density at radius 1 is 1.21 bits per heavy atom. The van der Waals surface area contributed by atoms with Gasteiger partial charge in [0.15, 0.2) is 10.4 Å². The lowest BCUT2D eigenvalue weighted by Gasteiger charge is -2.23. The van der Waals surface area contributed by atoms with Crippen LogP contribution in [0.25, 0.3) is 0 Å². The van der Waals surface area contributed by atoms with E-state index in [4.69, 9.17) is 23.2 Å². The van der Waals surface area contributed by atoms with Crippen molar-refractivity contribution >= 4 is 45.1 Å². The standard InChI is InChI=1S/C21H18BrCl2FN2O2/c1-11(2)27-19(18(20(28)29)26-21(27)22)15(13-4-6-14(23)7-5-13)9-12-3-8-17(25)16(24)10-12/h3-8,10-11,15H,9H2,1-2H3,(H,28,29). The minimum absolute atomic E-state index is 0.0226. The van der Waals surface area contributed by atoms with Gasteiger partial charge in [0.05, 0.1) is 10.7 Å². The van der Waals surface area contributed by atoms with Gasteiger partial charge in [-0.1, -0.05) is 41.4 Å². The Morgan fingerprint density at radius 2 is 1.86 bits per heavy atom. The number of hydrogen-bond donors (Lipinski definition) is 1. The third kappa shape index (κ3) is 4.65. The molecule has 0 amide bonds. The molecule has 1 N–H and O–H groups in total. The van der Waals surface area contributed by atoms with Crippen LogP contribution in [0.1, 0.15) is 53.1 Å². The maximum absolute atomic E-state index is 13.6. The molecule has 4 nitrogen and oxygen atoms in total. The number of benzene rings is 2. The van der Waals surface area contributed by atoms with Crippen molar-refractivity contribution in [3.8, 4) is 0 Å². The molecule has 1 unspecified atom stereocenters. The number of carbonyl (C=O) groups is 1. The van der Waals surface area contributed by atoms with Gasteiger partial charge < -0.3 is 9.67 Å². The van der Waals surface area contributed by atoms with Gasteiger partial charge in [-0.2, -0.15) is 0 Å². The summed E-state index contributed by atoms with van der Waals surface area (Å²) in [7, 11) is 0. The van der Waals surface area contributed by atoms with Crippen molar-refractivity contribution in [3.05, 3.63) is 85.6 Å². The number of carboxylic acid groups (broad SMARTS) is 1. The number of nitrogens with zero attached hydrogens (tertiary/aromatic N) is 2. The third-order valence-electron chi connectivity index (χ3n) is 4.65.